The fourth-order valence-corrected chi connectivity index (χ4v) is 1.17. The van der Waals surface area contributed by atoms with Crippen molar-refractivity contribution >= 4 is 6.08 Å². The van der Waals surface area contributed by atoms with Crippen molar-refractivity contribution in [3.63, 3.8) is 0 Å². The summed E-state index contributed by atoms with van der Waals surface area (Å²) in [6.45, 7) is 0.253. The lowest BCUT2D eigenvalue weighted by Gasteiger charge is -2.28. The lowest BCUT2D eigenvalue weighted by Crippen LogP contribution is -2.37. The molecule has 0 aliphatic carbocycles. The summed E-state index contributed by atoms with van der Waals surface area (Å²) < 4.78 is 25.5. The number of aliphatic imine (C=N–C) groups is 1. The van der Waals surface area contributed by atoms with Gasteiger partial charge in [0, 0.05) is 13.0 Å². The zero-order chi connectivity index (χ0) is 9.73. The summed E-state index contributed by atoms with van der Waals surface area (Å²) >= 11 is 0. The van der Waals surface area contributed by atoms with Crippen molar-refractivity contribution in [3.05, 3.63) is 12.3 Å². The topological polar surface area (TPSA) is 32.7 Å². The van der Waals surface area contributed by atoms with Gasteiger partial charge in [-0.3, -0.25) is 0 Å². The lowest BCUT2D eigenvalue weighted by atomic mass is 10.1. The number of allylic oxidation sites excluding steroid dienone is 1. The molecule has 72 valence electrons. The Labute approximate surface area is 74.7 Å². The molecule has 0 unspecified atom stereocenters. The second kappa shape index (κ2) is 4.14. The Morgan fingerprint density at radius 1 is 1.62 bits per heavy atom. The molecule has 1 rings (SSSR count). The van der Waals surface area contributed by atoms with Gasteiger partial charge in [0.25, 0.3) is 5.92 Å². The van der Waals surface area contributed by atoms with Gasteiger partial charge in [0.15, 0.2) is 0 Å². The first-order valence-electron chi connectivity index (χ1n) is 3.96. The molecule has 0 saturated carbocycles. The van der Waals surface area contributed by atoms with Crippen molar-refractivity contribution in [3.8, 4) is 0 Å². The minimum atomic E-state index is -2.65. The molecule has 0 N–H and O–H groups in total. The molecule has 0 bridgehead atoms. The van der Waals surface area contributed by atoms with E-state index < -0.39 is 5.92 Å². The maximum absolute atomic E-state index is 12.8. The van der Waals surface area contributed by atoms with Gasteiger partial charge < -0.3 is 4.90 Å². The van der Waals surface area contributed by atoms with E-state index in [0.29, 0.717) is 6.54 Å². The molecular formula is C8H10F2N2O. The summed E-state index contributed by atoms with van der Waals surface area (Å²) in [7, 11) is 0. The van der Waals surface area contributed by atoms with E-state index in [-0.39, 0.29) is 19.5 Å². The Morgan fingerprint density at radius 2 is 2.38 bits per heavy atom. The molecule has 1 aliphatic heterocycles. The zero-order valence-corrected chi connectivity index (χ0v) is 7.04. The van der Waals surface area contributed by atoms with E-state index in [9.17, 15) is 13.6 Å². The van der Waals surface area contributed by atoms with E-state index in [4.69, 9.17) is 0 Å². The van der Waals surface area contributed by atoms with Crippen LogP contribution in [0.3, 0.4) is 0 Å². The van der Waals surface area contributed by atoms with Crippen LogP contribution in [0.5, 0.6) is 0 Å². The van der Waals surface area contributed by atoms with Crippen molar-refractivity contribution in [2.24, 2.45) is 4.99 Å². The van der Waals surface area contributed by atoms with Crippen LogP contribution in [0.15, 0.2) is 17.3 Å². The number of hydrogen-bond acceptors (Lipinski definition) is 3. The molecule has 3 nitrogen and oxygen atoms in total. The average molecular weight is 188 g/mol. The minimum absolute atomic E-state index is 0.208. The molecule has 0 aromatic rings. The summed E-state index contributed by atoms with van der Waals surface area (Å²) in [4.78, 5) is 14.4. The van der Waals surface area contributed by atoms with Gasteiger partial charge >= 0.3 is 0 Å². The Morgan fingerprint density at radius 3 is 3.00 bits per heavy atom. The number of carbonyl (C=O) groups excluding carboxylic acids is 1. The quantitative estimate of drug-likeness (QED) is 0.492. The lowest BCUT2D eigenvalue weighted by molar-refractivity contribution is -0.0256. The Bertz CT molecular complexity index is 247. The molecule has 13 heavy (non-hydrogen) atoms. The molecule has 1 heterocycles. The number of isocyanates is 1. The van der Waals surface area contributed by atoms with E-state index in [1.54, 1.807) is 6.20 Å². The van der Waals surface area contributed by atoms with Crippen LogP contribution in [0.25, 0.3) is 0 Å². The number of halogens is 2. The normalized spacial score (nSPS) is 19.7. The van der Waals surface area contributed by atoms with Crippen molar-refractivity contribution in [2.75, 3.05) is 19.6 Å². The van der Waals surface area contributed by atoms with Gasteiger partial charge in [0.2, 0.25) is 6.08 Å². The minimum Gasteiger partial charge on any atom is -0.370 e. The van der Waals surface area contributed by atoms with Gasteiger partial charge in [-0.2, -0.15) is 0 Å². The molecule has 5 heteroatoms. The molecule has 0 aromatic heterocycles. The monoisotopic (exact) mass is 188 g/mol. The summed E-state index contributed by atoms with van der Waals surface area (Å²) in [6, 6.07) is 0. The maximum atomic E-state index is 12.8. The van der Waals surface area contributed by atoms with Gasteiger partial charge in [-0.05, 0) is 6.20 Å². The first-order valence-corrected chi connectivity index (χ1v) is 3.96. The second-order valence-electron chi connectivity index (χ2n) is 2.89. The van der Waals surface area contributed by atoms with Gasteiger partial charge in [-0.25, -0.2) is 18.6 Å². The van der Waals surface area contributed by atoms with Gasteiger partial charge in [-0.15, -0.1) is 0 Å². The highest BCUT2D eigenvalue weighted by Crippen LogP contribution is 2.24. The Balaban J connectivity index is 2.39. The van der Waals surface area contributed by atoms with Crippen molar-refractivity contribution in [1.29, 1.82) is 0 Å². The van der Waals surface area contributed by atoms with Gasteiger partial charge in [0.05, 0.1) is 13.1 Å². The number of rotatable bonds is 3. The summed E-state index contributed by atoms with van der Waals surface area (Å²) in [5.41, 5.74) is 0. The number of nitrogens with zero attached hydrogens (tertiary/aromatic N) is 2. The third kappa shape index (κ3) is 3.34. The van der Waals surface area contributed by atoms with E-state index in [2.05, 4.69) is 4.99 Å². The average Bonchev–Trinajstić information content (AvgIpc) is 2.03. The van der Waals surface area contributed by atoms with Crippen molar-refractivity contribution in [2.45, 2.75) is 12.3 Å². The van der Waals surface area contributed by atoms with Crippen LogP contribution in [0.1, 0.15) is 6.42 Å². The van der Waals surface area contributed by atoms with Gasteiger partial charge in [0.1, 0.15) is 0 Å². The van der Waals surface area contributed by atoms with E-state index >= 15 is 0 Å². The van der Waals surface area contributed by atoms with E-state index in [1.807, 2.05) is 0 Å². The first-order chi connectivity index (χ1) is 6.14. The zero-order valence-electron chi connectivity index (χ0n) is 7.04. The maximum Gasteiger partial charge on any atom is 0.268 e. The standard InChI is InChI=1S/C8H10F2N2O/c9-8(10)2-1-4-12(6-8)5-3-11-7-13/h1,4H,2-3,5-6H2. The smallest absolute Gasteiger partial charge is 0.268 e. The van der Waals surface area contributed by atoms with Crippen LogP contribution >= 0.6 is 0 Å². The Kier molecular flexibility index (Phi) is 3.14. The third-order valence-electron chi connectivity index (χ3n) is 1.73. The van der Waals surface area contributed by atoms with Crippen LogP contribution < -0.4 is 0 Å². The molecule has 0 spiro atoms. The highest BCUT2D eigenvalue weighted by molar-refractivity contribution is 5.32. The first kappa shape index (κ1) is 9.86. The molecule has 0 radical (unpaired) electrons. The van der Waals surface area contributed by atoms with Crippen LogP contribution in [0.4, 0.5) is 8.78 Å². The second-order valence-corrected chi connectivity index (χ2v) is 2.89. The summed E-state index contributed by atoms with van der Waals surface area (Å²) in [5.74, 6) is -2.65. The molecule has 0 atom stereocenters. The molecular weight excluding hydrogens is 178 g/mol. The number of alkyl halides is 2. The van der Waals surface area contributed by atoms with Crippen molar-refractivity contribution in [1.82, 2.24) is 4.90 Å². The predicted octanol–water partition coefficient (Wildman–Crippen LogP) is 1.18. The van der Waals surface area contributed by atoms with E-state index in [1.165, 1.54) is 17.1 Å². The van der Waals surface area contributed by atoms with Crippen LogP contribution in [-0.2, 0) is 4.79 Å². The molecule has 0 amide bonds. The van der Waals surface area contributed by atoms with Crippen LogP contribution in [0, 0.1) is 0 Å². The molecule has 0 aromatic carbocycles. The molecule has 1 aliphatic rings. The third-order valence-corrected chi connectivity index (χ3v) is 1.73. The largest absolute Gasteiger partial charge is 0.370 e. The molecule has 0 fully saturated rings. The van der Waals surface area contributed by atoms with Gasteiger partial charge in [-0.1, -0.05) is 6.08 Å². The Hall–Kier alpha value is -1.22. The summed E-state index contributed by atoms with van der Waals surface area (Å²) in [5, 5.41) is 0. The fourth-order valence-electron chi connectivity index (χ4n) is 1.17. The fraction of sp³-hybridized carbons (Fsp3) is 0.625. The SMILES string of the molecule is O=C=NCCN1C=CCC(F)(F)C1. The molecule has 0 saturated heterocycles. The van der Waals surface area contributed by atoms with Crippen LogP contribution in [-0.4, -0.2) is 36.5 Å². The van der Waals surface area contributed by atoms with Crippen molar-refractivity contribution < 1.29 is 13.6 Å². The van der Waals surface area contributed by atoms with Crippen LogP contribution in [0.2, 0.25) is 0 Å². The highest BCUT2D eigenvalue weighted by Gasteiger charge is 2.31. The number of hydrogen-bond donors (Lipinski definition) is 0. The summed E-state index contributed by atoms with van der Waals surface area (Å²) in [6.07, 6.45) is 4.19. The highest BCUT2D eigenvalue weighted by atomic mass is 19.3. The van der Waals surface area contributed by atoms with E-state index in [0.717, 1.165) is 0 Å². The predicted molar refractivity (Wildman–Crippen MR) is 43.3 cm³/mol.